The number of phenolic OH excluding ortho intramolecular Hbond substituents is 2. The molecule has 0 unspecified atom stereocenters. The van der Waals surface area contributed by atoms with E-state index in [2.05, 4.69) is 5.32 Å². The number of hydrogen-bond acceptors (Lipinski definition) is 13. The Kier molecular flexibility index (Phi) is 10.9. The summed E-state index contributed by atoms with van der Waals surface area (Å²) in [7, 11) is 0. The highest BCUT2D eigenvalue weighted by molar-refractivity contribution is 6.31. The van der Waals surface area contributed by atoms with E-state index in [9.17, 15) is 44.7 Å². The highest BCUT2D eigenvalue weighted by Crippen LogP contribution is 2.52. The summed E-state index contributed by atoms with van der Waals surface area (Å²) < 4.78 is 17.5. The minimum absolute atomic E-state index is 0.0791. The molecule has 0 amide bonds. The monoisotopic (exact) mass is 717 g/mol. The van der Waals surface area contributed by atoms with Gasteiger partial charge in [0.05, 0.1) is 36.0 Å². The Labute approximate surface area is 300 Å². The first-order chi connectivity index (χ1) is 24.9. The first-order valence-electron chi connectivity index (χ1n) is 17.5. The molecule has 3 aromatic carbocycles. The Bertz CT molecular complexity index is 1880. The van der Waals surface area contributed by atoms with Crippen molar-refractivity contribution in [3.8, 4) is 11.5 Å². The van der Waals surface area contributed by atoms with Gasteiger partial charge in [-0.05, 0) is 24.5 Å². The molecule has 1 fully saturated rings. The topological polar surface area (TPSA) is 209 Å². The average molecular weight is 718 g/mol. The zero-order valence-electron chi connectivity index (χ0n) is 29.0. The molecule has 3 aliphatic rings. The number of nitrogens with one attached hydrogen (secondary N) is 1. The van der Waals surface area contributed by atoms with Crippen molar-refractivity contribution >= 4 is 23.3 Å². The lowest BCUT2D eigenvalue weighted by molar-refractivity contribution is -0.250. The second-order valence-corrected chi connectivity index (χ2v) is 13.7. The van der Waals surface area contributed by atoms with E-state index in [-0.39, 0.29) is 40.7 Å². The summed E-state index contributed by atoms with van der Waals surface area (Å²) in [6.07, 6.45) is -3.81. The lowest BCUT2D eigenvalue weighted by Gasteiger charge is -2.43. The third-order valence-electron chi connectivity index (χ3n) is 10.2. The molecule has 6 N–H and O–H groups in total. The van der Waals surface area contributed by atoms with Crippen molar-refractivity contribution in [3.05, 3.63) is 93.0 Å². The molecule has 13 heteroatoms. The number of hydrogen-bond donors (Lipinski definition) is 6. The van der Waals surface area contributed by atoms with E-state index in [1.165, 1.54) is 18.2 Å². The van der Waals surface area contributed by atoms with Gasteiger partial charge in [-0.2, -0.15) is 0 Å². The highest BCUT2D eigenvalue weighted by atomic mass is 16.7. The second-order valence-electron chi connectivity index (χ2n) is 13.7. The number of carbonyl (C=O) groups excluding carboxylic acids is 4. The van der Waals surface area contributed by atoms with Crippen LogP contribution in [0.15, 0.2) is 48.5 Å². The Balaban J connectivity index is 1.38. The van der Waals surface area contributed by atoms with E-state index in [4.69, 9.17) is 14.2 Å². The van der Waals surface area contributed by atoms with Crippen LogP contribution in [0.25, 0.3) is 0 Å². The maximum absolute atomic E-state index is 14.0. The summed E-state index contributed by atoms with van der Waals surface area (Å²) in [4.78, 5) is 53.6. The van der Waals surface area contributed by atoms with Crippen LogP contribution in [0.2, 0.25) is 0 Å². The molecule has 276 valence electrons. The van der Waals surface area contributed by atoms with Gasteiger partial charge in [-0.25, -0.2) is 0 Å². The van der Waals surface area contributed by atoms with Gasteiger partial charge in [0.25, 0.3) is 0 Å². The zero-order chi connectivity index (χ0) is 37.3. The normalized spacial score (nSPS) is 25.2. The quantitative estimate of drug-likeness (QED) is 0.0921. The summed E-state index contributed by atoms with van der Waals surface area (Å²) >= 11 is 0. The SMILES string of the molecule is CCCCC(=O)OCC(=O)[C@]1(O)Cc2c(O)c3c(c(O)c2[C@@H](O[C@H]2C[C@@H](NCc4ccccc4)[C@H](O)[C@H](C)O2)C1)C(=O)c1c(CO)cccc1C3=O. The summed E-state index contributed by atoms with van der Waals surface area (Å²) in [6, 6.07) is 13.3. The van der Waals surface area contributed by atoms with Crippen LogP contribution < -0.4 is 5.32 Å². The number of aliphatic hydroxyl groups excluding tert-OH is 2. The number of benzene rings is 3. The molecule has 6 atom stereocenters. The largest absolute Gasteiger partial charge is 0.507 e. The Morgan fingerprint density at radius 2 is 1.73 bits per heavy atom. The maximum Gasteiger partial charge on any atom is 0.306 e. The van der Waals surface area contributed by atoms with Crippen LogP contribution in [0.1, 0.15) is 106 Å². The molecule has 0 aromatic heterocycles. The number of rotatable bonds is 12. The third kappa shape index (κ3) is 6.99. The van der Waals surface area contributed by atoms with E-state index in [0.717, 1.165) is 12.0 Å². The lowest BCUT2D eigenvalue weighted by Crippen LogP contribution is -2.54. The van der Waals surface area contributed by atoms with Gasteiger partial charge in [-0.15, -0.1) is 0 Å². The zero-order valence-corrected chi connectivity index (χ0v) is 29.0. The van der Waals surface area contributed by atoms with Gasteiger partial charge in [0.2, 0.25) is 5.78 Å². The molecule has 52 heavy (non-hydrogen) atoms. The van der Waals surface area contributed by atoms with Crippen molar-refractivity contribution in [1.29, 1.82) is 0 Å². The predicted molar refractivity (Wildman–Crippen MR) is 184 cm³/mol. The van der Waals surface area contributed by atoms with Crippen LogP contribution in [0, 0.1) is 0 Å². The number of carbonyl (C=O) groups is 4. The first kappa shape index (κ1) is 37.3. The fraction of sp³-hybridized carbons (Fsp3) is 0.436. The predicted octanol–water partition coefficient (Wildman–Crippen LogP) is 3.06. The summed E-state index contributed by atoms with van der Waals surface area (Å²) in [5, 5.41) is 59.7. The number of Topliss-reactive ketones (excluding diaryl/α,β-unsaturated/α-hetero) is 1. The molecular weight excluding hydrogens is 674 g/mol. The first-order valence-corrected chi connectivity index (χ1v) is 17.5. The molecule has 3 aromatic rings. The van der Waals surface area contributed by atoms with Crippen LogP contribution in [0.5, 0.6) is 11.5 Å². The van der Waals surface area contributed by atoms with Crippen molar-refractivity contribution in [3.63, 3.8) is 0 Å². The Morgan fingerprint density at radius 1 is 1.00 bits per heavy atom. The van der Waals surface area contributed by atoms with Crippen LogP contribution in [0.3, 0.4) is 0 Å². The van der Waals surface area contributed by atoms with E-state index >= 15 is 0 Å². The van der Waals surface area contributed by atoms with Crippen molar-refractivity contribution in [2.45, 2.75) is 102 Å². The van der Waals surface area contributed by atoms with E-state index < -0.39 is 108 Å². The third-order valence-corrected chi connectivity index (χ3v) is 10.2. The van der Waals surface area contributed by atoms with Crippen molar-refractivity contribution in [1.82, 2.24) is 5.32 Å². The number of fused-ring (bicyclic) bond motifs is 3. The Hall–Kier alpha value is -4.50. The fourth-order valence-corrected chi connectivity index (χ4v) is 7.35. The van der Waals surface area contributed by atoms with Gasteiger partial charge in [-0.3, -0.25) is 19.2 Å². The average Bonchev–Trinajstić information content (AvgIpc) is 3.14. The molecular formula is C39H43NO12. The van der Waals surface area contributed by atoms with Crippen molar-refractivity contribution < 1.29 is 58.9 Å². The summed E-state index contributed by atoms with van der Waals surface area (Å²) in [6.45, 7) is 2.62. The van der Waals surface area contributed by atoms with E-state index in [1.54, 1.807) is 6.92 Å². The molecule has 1 heterocycles. The molecule has 1 saturated heterocycles. The van der Waals surface area contributed by atoms with Gasteiger partial charge in [0.15, 0.2) is 24.5 Å². The van der Waals surface area contributed by atoms with E-state index in [0.29, 0.717) is 13.0 Å². The fourth-order valence-electron chi connectivity index (χ4n) is 7.35. The number of aromatic hydroxyl groups is 2. The van der Waals surface area contributed by atoms with Gasteiger partial charge in [-0.1, -0.05) is 61.9 Å². The number of esters is 1. The molecule has 2 aliphatic carbocycles. The van der Waals surface area contributed by atoms with Crippen LogP contribution in [-0.2, 0) is 43.4 Å². The van der Waals surface area contributed by atoms with Gasteiger partial charge < -0.3 is 45.1 Å². The molecule has 13 nitrogen and oxygen atoms in total. The minimum atomic E-state index is -2.31. The highest BCUT2D eigenvalue weighted by Gasteiger charge is 2.50. The van der Waals surface area contributed by atoms with Crippen LogP contribution >= 0.6 is 0 Å². The molecule has 6 rings (SSSR count). The van der Waals surface area contributed by atoms with Crippen molar-refractivity contribution in [2.75, 3.05) is 6.61 Å². The van der Waals surface area contributed by atoms with Crippen molar-refractivity contribution in [2.24, 2.45) is 0 Å². The summed E-state index contributed by atoms with van der Waals surface area (Å²) in [5.74, 6) is -4.55. The van der Waals surface area contributed by atoms with Gasteiger partial charge in [0.1, 0.15) is 17.1 Å². The number of phenols is 2. The maximum atomic E-state index is 14.0. The number of ether oxygens (including phenoxy) is 3. The van der Waals surface area contributed by atoms with Gasteiger partial charge >= 0.3 is 5.97 Å². The van der Waals surface area contributed by atoms with E-state index in [1.807, 2.05) is 37.3 Å². The summed E-state index contributed by atoms with van der Waals surface area (Å²) in [5.41, 5.74) is -2.74. The number of ketones is 3. The number of unbranched alkanes of at least 4 members (excludes halogenated alkanes) is 1. The number of aliphatic hydroxyl groups is 3. The van der Waals surface area contributed by atoms with Gasteiger partial charge in [0, 0.05) is 60.5 Å². The standard InChI is InChI=1S/C39H43NO12/c1-3-4-13-28(43)50-19-27(42)39(49)15-24-31(38(48)33-32(36(24)46)35(45)23-12-8-11-22(18-41)30(23)37(33)47)26(16-39)52-29-14-25(34(44)20(2)51-29)40-17-21-9-6-5-7-10-21/h5-12,20,25-26,29,34,40-41,44,46,48-49H,3-4,13-19H2,1-2H3/t20-,25+,26-,29-,34+,39-/m0/s1. The Morgan fingerprint density at radius 3 is 2.44 bits per heavy atom. The smallest absolute Gasteiger partial charge is 0.306 e. The molecule has 0 radical (unpaired) electrons. The molecule has 0 saturated carbocycles. The van der Waals surface area contributed by atoms with Crippen LogP contribution in [0.4, 0.5) is 0 Å². The lowest BCUT2D eigenvalue weighted by atomic mass is 9.71. The second kappa shape index (κ2) is 15.2. The molecule has 1 aliphatic heterocycles. The molecule has 0 bridgehead atoms. The minimum Gasteiger partial charge on any atom is -0.507 e. The van der Waals surface area contributed by atoms with Crippen LogP contribution in [-0.4, -0.2) is 85.6 Å². The molecule has 0 spiro atoms.